The number of hydrogen-bond acceptors (Lipinski definition) is 2. The minimum Gasteiger partial charge on any atom is -0.333 e. The number of nitrogens with zero attached hydrogens (tertiary/aromatic N) is 4. The predicted molar refractivity (Wildman–Crippen MR) is 208 cm³/mol. The largest absolute Gasteiger partial charge is 0.333 e. The van der Waals surface area contributed by atoms with Crippen molar-refractivity contribution < 1.29 is 0 Å². The van der Waals surface area contributed by atoms with Gasteiger partial charge in [0, 0.05) is 49.4 Å². The molecule has 3 heterocycles. The summed E-state index contributed by atoms with van der Waals surface area (Å²) in [4.78, 5) is 10.3. The Morgan fingerprint density at radius 1 is 0.460 bits per heavy atom. The maximum atomic E-state index is 5.14. The van der Waals surface area contributed by atoms with E-state index in [0.29, 0.717) is 5.82 Å². The van der Waals surface area contributed by atoms with Crippen molar-refractivity contribution in [3.63, 3.8) is 0 Å². The Labute approximate surface area is 289 Å². The zero-order valence-corrected chi connectivity index (χ0v) is 27.3. The molecule has 3 aromatic heterocycles. The summed E-state index contributed by atoms with van der Waals surface area (Å²) in [5, 5.41) is 5.05. The lowest BCUT2D eigenvalue weighted by atomic mass is 10.1. The normalized spacial score (nSPS) is 14.4. The van der Waals surface area contributed by atoms with E-state index in [2.05, 4.69) is 173 Å². The van der Waals surface area contributed by atoms with Crippen molar-refractivity contribution in [3.05, 3.63) is 176 Å². The van der Waals surface area contributed by atoms with Crippen molar-refractivity contribution in [3.8, 4) is 39.6 Å². The van der Waals surface area contributed by atoms with Crippen molar-refractivity contribution in [1.29, 1.82) is 0 Å². The maximum absolute atomic E-state index is 5.14. The fourth-order valence-corrected chi connectivity index (χ4v) is 7.73. The summed E-state index contributed by atoms with van der Waals surface area (Å²) in [6.07, 6.45) is 9.89. The first-order valence-corrected chi connectivity index (χ1v) is 17.2. The molecule has 0 aliphatic heterocycles. The quantitative estimate of drug-likeness (QED) is 0.188. The molecule has 0 spiro atoms. The summed E-state index contributed by atoms with van der Waals surface area (Å²) in [6, 6.07) is 54.1. The highest BCUT2D eigenvalue weighted by molar-refractivity contribution is 6.18. The van der Waals surface area contributed by atoms with Gasteiger partial charge < -0.3 is 9.13 Å². The fraction of sp³-hybridized carbons (Fsp3) is 0.0435. The van der Waals surface area contributed by atoms with Crippen LogP contribution in [0, 0.1) is 0 Å². The molecule has 0 fully saturated rings. The number of allylic oxidation sites excluding steroid dienone is 4. The van der Waals surface area contributed by atoms with E-state index in [1.807, 2.05) is 12.1 Å². The Balaban J connectivity index is 1.21. The summed E-state index contributed by atoms with van der Waals surface area (Å²) in [5.41, 5.74) is 10.8. The predicted octanol–water partition coefficient (Wildman–Crippen LogP) is 11.7. The third kappa shape index (κ3) is 4.61. The zero-order valence-electron chi connectivity index (χ0n) is 27.3. The second kappa shape index (κ2) is 11.6. The molecule has 1 unspecified atom stereocenters. The van der Waals surface area contributed by atoms with Crippen molar-refractivity contribution in [2.75, 3.05) is 0 Å². The standard InChI is InChI=1S/C46H32N4/c1-4-15-31(16-5-1)40-29-41(32-17-6-2-7-18-32)48-46(47-40)33-19-14-22-35(27-33)50-43-26-13-11-24-37(43)39-28-38-36-23-10-12-25-42(36)49(44(38)30-45(39)50)34-20-8-3-9-21-34/h1-20,22-30,34H,21H2. The second-order valence-electron chi connectivity index (χ2n) is 13.0. The van der Waals surface area contributed by atoms with Crippen LogP contribution in [0.1, 0.15) is 12.5 Å². The van der Waals surface area contributed by atoms with Crippen LogP contribution in [-0.4, -0.2) is 19.1 Å². The van der Waals surface area contributed by atoms with Gasteiger partial charge in [-0.05, 0) is 48.9 Å². The first-order valence-electron chi connectivity index (χ1n) is 17.2. The van der Waals surface area contributed by atoms with Gasteiger partial charge in [0.1, 0.15) is 0 Å². The van der Waals surface area contributed by atoms with E-state index in [0.717, 1.165) is 40.2 Å². The van der Waals surface area contributed by atoms with Gasteiger partial charge in [0.2, 0.25) is 0 Å². The van der Waals surface area contributed by atoms with Crippen molar-refractivity contribution >= 4 is 43.6 Å². The summed E-state index contributed by atoms with van der Waals surface area (Å²) in [6.45, 7) is 0. The van der Waals surface area contributed by atoms with Crippen LogP contribution in [0.25, 0.3) is 83.2 Å². The van der Waals surface area contributed by atoms with Crippen LogP contribution in [0.4, 0.5) is 0 Å². The summed E-state index contributed by atoms with van der Waals surface area (Å²) in [7, 11) is 0. The van der Waals surface area contributed by atoms with Crippen LogP contribution in [0.3, 0.4) is 0 Å². The van der Waals surface area contributed by atoms with Gasteiger partial charge >= 0.3 is 0 Å². The van der Waals surface area contributed by atoms with Gasteiger partial charge in [0.05, 0.1) is 34.0 Å². The SMILES string of the molecule is C1=CCC(n2c3ccccc3c3cc4c5ccccc5n(-c5cccc(-c6nc(-c7ccccc7)cc(-c7ccccc7)n6)c5)c4cc32)C=C1. The molecule has 0 saturated heterocycles. The summed E-state index contributed by atoms with van der Waals surface area (Å²) in [5.74, 6) is 0.701. The first kappa shape index (κ1) is 28.5. The van der Waals surface area contributed by atoms with Crippen molar-refractivity contribution in [2.45, 2.75) is 12.5 Å². The molecule has 6 aromatic carbocycles. The number of benzene rings is 6. The monoisotopic (exact) mass is 640 g/mol. The van der Waals surface area contributed by atoms with Gasteiger partial charge in [-0.1, -0.05) is 133 Å². The smallest absolute Gasteiger partial charge is 0.160 e. The molecule has 10 rings (SSSR count). The number of hydrogen-bond donors (Lipinski definition) is 0. The summed E-state index contributed by atoms with van der Waals surface area (Å²) >= 11 is 0. The van der Waals surface area contributed by atoms with E-state index in [9.17, 15) is 0 Å². The van der Waals surface area contributed by atoms with E-state index in [1.165, 1.54) is 43.6 Å². The number of fused-ring (bicyclic) bond motifs is 6. The van der Waals surface area contributed by atoms with Crippen LogP contribution in [0.5, 0.6) is 0 Å². The molecule has 0 bridgehead atoms. The van der Waals surface area contributed by atoms with E-state index in [1.54, 1.807) is 0 Å². The van der Waals surface area contributed by atoms with Gasteiger partial charge in [-0.25, -0.2) is 9.97 Å². The molecule has 0 amide bonds. The third-order valence-electron chi connectivity index (χ3n) is 10.0. The van der Waals surface area contributed by atoms with Gasteiger partial charge in [-0.15, -0.1) is 0 Å². The van der Waals surface area contributed by atoms with E-state index < -0.39 is 0 Å². The van der Waals surface area contributed by atoms with Gasteiger partial charge in [0.15, 0.2) is 5.82 Å². The Bertz CT molecular complexity index is 2730. The van der Waals surface area contributed by atoms with Crippen molar-refractivity contribution in [2.24, 2.45) is 0 Å². The lowest BCUT2D eigenvalue weighted by Crippen LogP contribution is -2.06. The molecule has 1 atom stereocenters. The first-order chi connectivity index (χ1) is 24.8. The Kier molecular flexibility index (Phi) is 6.59. The zero-order chi connectivity index (χ0) is 33.0. The molecule has 4 nitrogen and oxygen atoms in total. The van der Waals surface area contributed by atoms with Crippen LogP contribution in [0.2, 0.25) is 0 Å². The van der Waals surface area contributed by atoms with Gasteiger partial charge in [-0.3, -0.25) is 0 Å². The van der Waals surface area contributed by atoms with Crippen LogP contribution < -0.4 is 0 Å². The molecule has 9 aromatic rings. The fourth-order valence-electron chi connectivity index (χ4n) is 7.73. The van der Waals surface area contributed by atoms with E-state index >= 15 is 0 Å². The second-order valence-corrected chi connectivity index (χ2v) is 13.0. The highest BCUT2D eigenvalue weighted by Gasteiger charge is 2.21. The lowest BCUT2D eigenvalue weighted by Gasteiger charge is -2.18. The summed E-state index contributed by atoms with van der Waals surface area (Å²) < 4.78 is 4.93. The molecule has 0 saturated carbocycles. The van der Waals surface area contributed by atoms with Crippen molar-refractivity contribution in [1.82, 2.24) is 19.1 Å². The minimum absolute atomic E-state index is 0.258. The van der Waals surface area contributed by atoms with E-state index in [-0.39, 0.29) is 6.04 Å². The molecule has 4 heteroatoms. The molecular weight excluding hydrogens is 609 g/mol. The van der Waals surface area contributed by atoms with Crippen LogP contribution >= 0.6 is 0 Å². The molecule has 1 aliphatic rings. The number of aromatic nitrogens is 4. The van der Waals surface area contributed by atoms with Gasteiger partial charge in [-0.2, -0.15) is 0 Å². The minimum atomic E-state index is 0.258. The molecular formula is C46H32N4. The Morgan fingerprint density at radius 2 is 1.08 bits per heavy atom. The molecule has 236 valence electrons. The third-order valence-corrected chi connectivity index (χ3v) is 10.0. The lowest BCUT2D eigenvalue weighted by molar-refractivity contribution is 0.648. The molecule has 1 aliphatic carbocycles. The van der Waals surface area contributed by atoms with Gasteiger partial charge in [0.25, 0.3) is 0 Å². The average Bonchev–Trinajstić information content (AvgIpc) is 3.70. The van der Waals surface area contributed by atoms with E-state index in [4.69, 9.17) is 9.97 Å². The van der Waals surface area contributed by atoms with Crippen LogP contribution in [-0.2, 0) is 0 Å². The Hall–Kier alpha value is -6.52. The molecule has 0 N–H and O–H groups in total. The Morgan fingerprint density at radius 3 is 1.78 bits per heavy atom. The number of para-hydroxylation sites is 2. The highest BCUT2D eigenvalue weighted by atomic mass is 15.0. The molecule has 0 radical (unpaired) electrons. The topological polar surface area (TPSA) is 35.6 Å². The maximum Gasteiger partial charge on any atom is 0.160 e. The number of rotatable bonds is 5. The highest BCUT2D eigenvalue weighted by Crippen LogP contribution is 2.41. The van der Waals surface area contributed by atoms with Crippen LogP contribution in [0.15, 0.2) is 176 Å². The molecule has 50 heavy (non-hydrogen) atoms. The average molecular weight is 641 g/mol.